The lowest BCUT2D eigenvalue weighted by atomic mass is 10.1. The summed E-state index contributed by atoms with van der Waals surface area (Å²) < 4.78 is 10.6. The van der Waals surface area contributed by atoms with Gasteiger partial charge in [0.1, 0.15) is 0 Å². The first-order valence-electron chi connectivity index (χ1n) is 8.97. The summed E-state index contributed by atoms with van der Waals surface area (Å²) in [6.07, 6.45) is 1.89. The van der Waals surface area contributed by atoms with Crippen molar-refractivity contribution in [2.24, 2.45) is 5.10 Å². The second-order valence-corrected chi connectivity index (χ2v) is 6.57. The third kappa shape index (κ3) is 4.76. The van der Waals surface area contributed by atoms with E-state index in [0.29, 0.717) is 0 Å². The van der Waals surface area contributed by atoms with Gasteiger partial charge in [0.25, 0.3) is 0 Å². The second kappa shape index (κ2) is 8.72. The number of hydrogen-bond acceptors (Lipinski definition) is 5. The third-order valence-corrected chi connectivity index (χ3v) is 4.65. The molecule has 0 saturated carbocycles. The first kappa shape index (κ1) is 18.3. The van der Waals surface area contributed by atoms with Gasteiger partial charge in [0.05, 0.1) is 20.4 Å². The fourth-order valence-corrected chi connectivity index (χ4v) is 3.04. The lowest BCUT2D eigenvalue weighted by Crippen LogP contribution is -2.43. The maximum absolute atomic E-state index is 5.34. The fraction of sp³-hybridized carbons (Fsp3) is 0.381. The normalized spacial score (nSPS) is 15.4. The molecule has 0 unspecified atom stereocenters. The molecule has 0 N–H and O–H groups in total. The number of hydrazone groups is 1. The van der Waals surface area contributed by atoms with Crippen molar-refractivity contribution < 1.29 is 9.47 Å². The standard InChI is InChI=1S/C21H27N3O2/c1-17-4-6-18(7-5-17)16-23-10-12-24(13-11-23)22-15-19-8-9-20(25-2)21(14-19)26-3/h4-9,14-15H,10-13,16H2,1-3H3. The largest absolute Gasteiger partial charge is 0.493 e. The van der Waals surface area contributed by atoms with Crippen LogP contribution in [0.15, 0.2) is 47.6 Å². The number of piperazine rings is 1. The second-order valence-electron chi connectivity index (χ2n) is 6.57. The van der Waals surface area contributed by atoms with Gasteiger partial charge in [-0.1, -0.05) is 29.8 Å². The zero-order valence-electron chi connectivity index (χ0n) is 15.8. The van der Waals surface area contributed by atoms with Gasteiger partial charge in [0.15, 0.2) is 11.5 Å². The average Bonchev–Trinajstić information content (AvgIpc) is 2.69. The molecule has 0 radical (unpaired) electrons. The molecule has 0 atom stereocenters. The third-order valence-electron chi connectivity index (χ3n) is 4.65. The molecular weight excluding hydrogens is 326 g/mol. The minimum Gasteiger partial charge on any atom is -0.493 e. The Morgan fingerprint density at radius 2 is 1.62 bits per heavy atom. The fourth-order valence-electron chi connectivity index (χ4n) is 3.04. The molecule has 5 heteroatoms. The van der Waals surface area contributed by atoms with Gasteiger partial charge < -0.3 is 9.47 Å². The van der Waals surface area contributed by atoms with Crippen LogP contribution in [0.2, 0.25) is 0 Å². The monoisotopic (exact) mass is 353 g/mol. The van der Waals surface area contributed by atoms with Gasteiger partial charge in [-0.25, -0.2) is 0 Å². The van der Waals surface area contributed by atoms with Crippen molar-refractivity contribution in [3.05, 3.63) is 59.2 Å². The van der Waals surface area contributed by atoms with Crippen molar-refractivity contribution in [3.8, 4) is 11.5 Å². The van der Waals surface area contributed by atoms with E-state index in [9.17, 15) is 0 Å². The highest BCUT2D eigenvalue weighted by molar-refractivity contribution is 5.80. The molecule has 5 nitrogen and oxygen atoms in total. The first-order valence-corrected chi connectivity index (χ1v) is 8.97. The van der Waals surface area contributed by atoms with Gasteiger partial charge in [-0.3, -0.25) is 9.91 Å². The van der Waals surface area contributed by atoms with E-state index in [1.807, 2.05) is 24.4 Å². The van der Waals surface area contributed by atoms with E-state index in [2.05, 4.69) is 46.2 Å². The predicted octanol–water partition coefficient (Wildman–Crippen LogP) is 3.16. The van der Waals surface area contributed by atoms with Crippen LogP contribution in [-0.4, -0.2) is 56.5 Å². The summed E-state index contributed by atoms with van der Waals surface area (Å²) in [5.74, 6) is 1.45. The summed E-state index contributed by atoms with van der Waals surface area (Å²) in [5, 5.41) is 6.75. The van der Waals surface area contributed by atoms with Gasteiger partial charge >= 0.3 is 0 Å². The molecule has 0 aromatic heterocycles. The van der Waals surface area contributed by atoms with Crippen LogP contribution in [0.1, 0.15) is 16.7 Å². The number of nitrogens with zero attached hydrogens (tertiary/aromatic N) is 3. The number of aryl methyl sites for hydroxylation is 1. The number of benzene rings is 2. The van der Waals surface area contributed by atoms with E-state index in [4.69, 9.17) is 9.47 Å². The zero-order valence-corrected chi connectivity index (χ0v) is 15.8. The Hall–Kier alpha value is -2.53. The van der Waals surface area contributed by atoms with E-state index in [1.165, 1.54) is 11.1 Å². The summed E-state index contributed by atoms with van der Waals surface area (Å²) in [6, 6.07) is 14.6. The number of methoxy groups -OCH3 is 2. The summed E-state index contributed by atoms with van der Waals surface area (Å²) in [4.78, 5) is 2.48. The van der Waals surface area contributed by atoms with Gasteiger partial charge in [-0.2, -0.15) is 5.10 Å². The molecule has 1 aliphatic rings. The maximum atomic E-state index is 5.34. The molecule has 0 bridgehead atoms. The Labute approximate surface area is 155 Å². The van der Waals surface area contributed by atoms with Crippen molar-refractivity contribution in [1.29, 1.82) is 0 Å². The topological polar surface area (TPSA) is 37.3 Å². The Bertz CT molecular complexity index is 735. The van der Waals surface area contributed by atoms with Gasteiger partial charge in [-0.15, -0.1) is 0 Å². The SMILES string of the molecule is COc1ccc(C=NN2CCN(Cc3ccc(C)cc3)CC2)cc1OC. The zero-order chi connectivity index (χ0) is 18.4. The van der Waals surface area contributed by atoms with Crippen LogP contribution in [0.3, 0.4) is 0 Å². The van der Waals surface area contributed by atoms with Gasteiger partial charge in [-0.05, 0) is 36.2 Å². The number of ether oxygens (including phenoxy) is 2. The van der Waals surface area contributed by atoms with E-state index in [1.54, 1.807) is 14.2 Å². The number of rotatable bonds is 6. The van der Waals surface area contributed by atoms with E-state index < -0.39 is 0 Å². The lowest BCUT2D eigenvalue weighted by molar-refractivity contribution is 0.131. The van der Waals surface area contributed by atoms with Crippen molar-refractivity contribution in [2.45, 2.75) is 13.5 Å². The highest BCUT2D eigenvalue weighted by Gasteiger charge is 2.15. The molecule has 1 saturated heterocycles. The summed E-state index contributed by atoms with van der Waals surface area (Å²) in [5.41, 5.74) is 3.69. The van der Waals surface area contributed by atoms with E-state index in [0.717, 1.165) is 49.8 Å². The van der Waals surface area contributed by atoms with Crippen molar-refractivity contribution in [1.82, 2.24) is 9.91 Å². The molecule has 1 aliphatic heterocycles. The van der Waals surface area contributed by atoms with E-state index >= 15 is 0 Å². The molecule has 0 spiro atoms. The maximum Gasteiger partial charge on any atom is 0.161 e. The quantitative estimate of drug-likeness (QED) is 0.748. The van der Waals surface area contributed by atoms with Crippen molar-refractivity contribution in [3.63, 3.8) is 0 Å². The summed E-state index contributed by atoms with van der Waals surface area (Å²) in [6.45, 7) is 7.06. The Kier molecular flexibility index (Phi) is 6.12. The molecule has 3 rings (SSSR count). The average molecular weight is 353 g/mol. The molecule has 2 aromatic carbocycles. The summed E-state index contributed by atoms with van der Waals surface area (Å²) >= 11 is 0. The lowest BCUT2D eigenvalue weighted by Gasteiger charge is -2.33. The van der Waals surface area contributed by atoms with Crippen LogP contribution in [-0.2, 0) is 6.54 Å². The molecule has 1 heterocycles. The molecular formula is C21H27N3O2. The Balaban J connectivity index is 1.52. The Morgan fingerprint density at radius 3 is 2.27 bits per heavy atom. The van der Waals surface area contributed by atoms with E-state index in [-0.39, 0.29) is 0 Å². The van der Waals surface area contributed by atoms with Gasteiger partial charge in [0.2, 0.25) is 0 Å². The molecule has 0 aliphatic carbocycles. The van der Waals surface area contributed by atoms with Gasteiger partial charge in [0, 0.05) is 32.7 Å². The molecule has 1 fully saturated rings. The highest BCUT2D eigenvalue weighted by Crippen LogP contribution is 2.26. The Morgan fingerprint density at radius 1 is 0.923 bits per heavy atom. The van der Waals surface area contributed by atoms with Crippen molar-refractivity contribution >= 4 is 6.21 Å². The van der Waals surface area contributed by atoms with Crippen LogP contribution in [0.4, 0.5) is 0 Å². The predicted molar refractivity (Wildman–Crippen MR) is 105 cm³/mol. The van der Waals surface area contributed by atoms with Crippen LogP contribution in [0.5, 0.6) is 11.5 Å². The molecule has 2 aromatic rings. The smallest absolute Gasteiger partial charge is 0.161 e. The molecule has 138 valence electrons. The van der Waals surface area contributed by atoms with Crippen LogP contribution in [0.25, 0.3) is 0 Å². The highest BCUT2D eigenvalue weighted by atomic mass is 16.5. The molecule has 26 heavy (non-hydrogen) atoms. The summed E-state index contributed by atoms with van der Waals surface area (Å²) in [7, 11) is 3.29. The van der Waals surface area contributed by atoms with Crippen molar-refractivity contribution in [2.75, 3.05) is 40.4 Å². The van der Waals surface area contributed by atoms with Crippen LogP contribution >= 0.6 is 0 Å². The molecule has 0 amide bonds. The van der Waals surface area contributed by atoms with Crippen LogP contribution < -0.4 is 9.47 Å². The van der Waals surface area contributed by atoms with Crippen LogP contribution in [0, 0.1) is 6.92 Å². The first-order chi connectivity index (χ1) is 12.7. The minimum absolute atomic E-state index is 0.722. The minimum atomic E-state index is 0.722. The number of hydrogen-bond donors (Lipinski definition) is 0.